The molecule has 1 aromatic carbocycles. The fourth-order valence-electron chi connectivity index (χ4n) is 4.19. The van der Waals surface area contributed by atoms with E-state index >= 15 is 0 Å². The van der Waals surface area contributed by atoms with E-state index in [1.807, 2.05) is 6.07 Å². The number of hydrogen-bond acceptors (Lipinski definition) is 2. The number of benzene rings is 1. The third-order valence-corrected chi connectivity index (χ3v) is 5.86. The standard InChI is InChI=1S/C20H27NO3/c22-18(14-20(19(23)24)11-6-12-20)21-17-10-5-4-9-16(17)13-15-7-2-1-3-8-15/h1-3,7-8,16-17H,4-6,9-14H2,(H,21,22)(H,23,24). The normalized spacial score (nSPS) is 25.5. The average Bonchev–Trinajstić information content (AvgIpc) is 2.53. The summed E-state index contributed by atoms with van der Waals surface area (Å²) in [6.07, 6.45) is 7.78. The Morgan fingerprint density at radius 2 is 1.79 bits per heavy atom. The lowest BCUT2D eigenvalue weighted by molar-refractivity contribution is -0.157. The van der Waals surface area contributed by atoms with E-state index in [-0.39, 0.29) is 18.4 Å². The van der Waals surface area contributed by atoms with Gasteiger partial charge in [-0.2, -0.15) is 0 Å². The Balaban J connectivity index is 1.59. The molecule has 0 saturated heterocycles. The molecule has 0 heterocycles. The molecule has 2 fully saturated rings. The smallest absolute Gasteiger partial charge is 0.310 e. The summed E-state index contributed by atoms with van der Waals surface area (Å²) < 4.78 is 0. The molecule has 24 heavy (non-hydrogen) atoms. The highest BCUT2D eigenvalue weighted by atomic mass is 16.4. The van der Waals surface area contributed by atoms with Gasteiger partial charge < -0.3 is 10.4 Å². The number of amides is 1. The highest BCUT2D eigenvalue weighted by Crippen LogP contribution is 2.44. The number of carboxylic acid groups (broad SMARTS) is 1. The summed E-state index contributed by atoms with van der Waals surface area (Å²) in [5, 5.41) is 12.6. The molecule has 0 spiro atoms. The SMILES string of the molecule is O=C(CC1(C(=O)O)CCC1)NC1CCCCC1Cc1ccccc1. The third kappa shape index (κ3) is 3.80. The molecule has 130 valence electrons. The summed E-state index contributed by atoms with van der Waals surface area (Å²) in [5.74, 6) is -0.442. The van der Waals surface area contributed by atoms with Crippen LogP contribution in [0.2, 0.25) is 0 Å². The highest BCUT2D eigenvalue weighted by molar-refractivity contribution is 5.85. The number of rotatable bonds is 6. The number of carbonyl (C=O) groups excluding carboxylic acids is 1. The lowest BCUT2D eigenvalue weighted by Crippen LogP contribution is -2.47. The van der Waals surface area contributed by atoms with Crippen LogP contribution in [0, 0.1) is 11.3 Å². The molecule has 0 radical (unpaired) electrons. The van der Waals surface area contributed by atoms with Crippen molar-refractivity contribution in [3.8, 4) is 0 Å². The summed E-state index contributed by atoms with van der Waals surface area (Å²) in [4.78, 5) is 23.9. The molecule has 2 aliphatic rings. The molecule has 0 aliphatic heterocycles. The van der Waals surface area contributed by atoms with Crippen molar-refractivity contribution in [2.45, 2.75) is 63.8 Å². The van der Waals surface area contributed by atoms with Crippen LogP contribution in [0.1, 0.15) is 56.9 Å². The monoisotopic (exact) mass is 329 g/mol. The van der Waals surface area contributed by atoms with E-state index in [2.05, 4.69) is 29.6 Å². The zero-order chi connectivity index (χ0) is 17.0. The van der Waals surface area contributed by atoms with Crippen LogP contribution in [-0.2, 0) is 16.0 Å². The van der Waals surface area contributed by atoms with Crippen molar-refractivity contribution in [2.24, 2.45) is 11.3 Å². The van der Waals surface area contributed by atoms with Crippen molar-refractivity contribution >= 4 is 11.9 Å². The predicted molar refractivity (Wildman–Crippen MR) is 92.6 cm³/mol. The average molecular weight is 329 g/mol. The van der Waals surface area contributed by atoms with Gasteiger partial charge >= 0.3 is 5.97 Å². The van der Waals surface area contributed by atoms with E-state index in [9.17, 15) is 14.7 Å². The fraction of sp³-hybridized carbons (Fsp3) is 0.600. The van der Waals surface area contributed by atoms with Crippen molar-refractivity contribution in [3.05, 3.63) is 35.9 Å². The number of carboxylic acids is 1. The first kappa shape index (κ1) is 17.0. The van der Waals surface area contributed by atoms with Crippen molar-refractivity contribution in [1.82, 2.24) is 5.32 Å². The van der Waals surface area contributed by atoms with Gasteiger partial charge in [0.2, 0.25) is 5.91 Å². The molecule has 2 N–H and O–H groups in total. The van der Waals surface area contributed by atoms with Crippen molar-refractivity contribution in [1.29, 1.82) is 0 Å². The van der Waals surface area contributed by atoms with Crippen LogP contribution in [0.15, 0.2) is 30.3 Å². The Hall–Kier alpha value is -1.84. The molecule has 2 aliphatic carbocycles. The molecule has 2 unspecified atom stereocenters. The van der Waals surface area contributed by atoms with Crippen LogP contribution in [0.5, 0.6) is 0 Å². The molecule has 2 atom stereocenters. The second-order valence-corrected chi connectivity index (χ2v) is 7.52. The maximum absolute atomic E-state index is 12.4. The zero-order valence-electron chi connectivity index (χ0n) is 14.2. The van der Waals surface area contributed by atoms with Gasteiger partial charge in [-0.25, -0.2) is 0 Å². The molecule has 2 saturated carbocycles. The molecule has 0 aromatic heterocycles. The van der Waals surface area contributed by atoms with Gasteiger partial charge in [-0.3, -0.25) is 9.59 Å². The van der Waals surface area contributed by atoms with Gasteiger partial charge in [-0.05, 0) is 43.6 Å². The van der Waals surface area contributed by atoms with Gasteiger partial charge in [-0.1, -0.05) is 49.6 Å². The van der Waals surface area contributed by atoms with E-state index in [0.717, 1.165) is 32.1 Å². The van der Waals surface area contributed by atoms with E-state index in [4.69, 9.17) is 0 Å². The summed E-state index contributed by atoms with van der Waals surface area (Å²) >= 11 is 0. The van der Waals surface area contributed by atoms with Gasteiger partial charge in [0, 0.05) is 12.5 Å². The van der Waals surface area contributed by atoms with E-state index < -0.39 is 11.4 Å². The van der Waals surface area contributed by atoms with Crippen molar-refractivity contribution in [2.75, 3.05) is 0 Å². The molecule has 3 rings (SSSR count). The second kappa shape index (κ2) is 7.37. The van der Waals surface area contributed by atoms with Crippen molar-refractivity contribution in [3.63, 3.8) is 0 Å². The first-order valence-corrected chi connectivity index (χ1v) is 9.16. The lowest BCUT2D eigenvalue weighted by atomic mass is 9.66. The van der Waals surface area contributed by atoms with Crippen LogP contribution in [0.25, 0.3) is 0 Å². The molecule has 1 aromatic rings. The van der Waals surface area contributed by atoms with Gasteiger partial charge in [-0.15, -0.1) is 0 Å². The number of nitrogens with one attached hydrogen (secondary N) is 1. The Morgan fingerprint density at radius 3 is 2.42 bits per heavy atom. The van der Waals surface area contributed by atoms with E-state index in [1.54, 1.807) is 0 Å². The van der Waals surface area contributed by atoms with Crippen LogP contribution >= 0.6 is 0 Å². The summed E-state index contributed by atoms with van der Waals surface area (Å²) in [5.41, 5.74) is 0.512. The van der Waals surface area contributed by atoms with Crippen LogP contribution in [0.4, 0.5) is 0 Å². The summed E-state index contributed by atoms with van der Waals surface area (Å²) in [6.45, 7) is 0. The Labute approximate surface area is 143 Å². The maximum atomic E-state index is 12.4. The molecule has 1 amide bonds. The fourth-order valence-corrected chi connectivity index (χ4v) is 4.19. The number of hydrogen-bond donors (Lipinski definition) is 2. The van der Waals surface area contributed by atoms with E-state index in [0.29, 0.717) is 18.8 Å². The Bertz CT molecular complexity index is 580. The first-order chi connectivity index (χ1) is 11.6. The topological polar surface area (TPSA) is 66.4 Å². The molecule has 0 bridgehead atoms. The third-order valence-electron chi connectivity index (χ3n) is 5.86. The zero-order valence-corrected chi connectivity index (χ0v) is 14.2. The van der Waals surface area contributed by atoms with Crippen LogP contribution < -0.4 is 5.32 Å². The number of carbonyl (C=O) groups is 2. The largest absolute Gasteiger partial charge is 0.481 e. The quantitative estimate of drug-likeness (QED) is 0.839. The summed E-state index contributed by atoms with van der Waals surface area (Å²) in [6, 6.07) is 10.6. The molecule has 4 heteroatoms. The summed E-state index contributed by atoms with van der Waals surface area (Å²) in [7, 11) is 0. The van der Waals surface area contributed by atoms with Crippen LogP contribution in [0.3, 0.4) is 0 Å². The Morgan fingerprint density at radius 1 is 1.08 bits per heavy atom. The molecule has 4 nitrogen and oxygen atoms in total. The minimum absolute atomic E-state index is 0.0814. The minimum atomic E-state index is -0.812. The van der Waals surface area contributed by atoms with Crippen molar-refractivity contribution < 1.29 is 14.7 Å². The van der Waals surface area contributed by atoms with Gasteiger partial charge in [0.15, 0.2) is 0 Å². The van der Waals surface area contributed by atoms with Gasteiger partial charge in [0.25, 0.3) is 0 Å². The van der Waals surface area contributed by atoms with Gasteiger partial charge in [0.1, 0.15) is 0 Å². The Kier molecular flexibility index (Phi) is 5.22. The minimum Gasteiger partial charge on any atom is -0.481 e. The van der Waals surface area contributed by atoms with E-state index in [1.165, 1.54) is 12.0 Å². The predicted octanol–water partition coefficient (Wildman–Crippen LogP) is 3.55. The number of aliphatic carboxylic acids is 1. The molecular weight excluding hydrogens is 302 g/mol. The maximum Gasteiger partial charge on any atom is 0.310 e. The second-order valence-electron chi connectivity index (χ2n) is 7.52. The highest BCUT2D eigenvalue weighted by Gasteiger charge is 2.46. The lowest BCUT2D eigenvalue weighted by Gasteiger charge is -2.38. The molecular formula is C20H27NO3. The van der Waals surface area contributed by atoms with Crippen LogP contribution in [-0.4, -0.2) is 23.0 Å². The first-order valence-electron chi connectivity index (χ1n) is 9.16. The van der Waals surface area contributed by atoms with Gasteiger partial charge in [0.05, 0.1) is 5.41 Å².